The highest BCUT2D eigenvalue weighted by Gasteiger charge is 2.21. The first-order valence-corrected chi connectivity index (χ1v) is 7.67. The third-order valence-electron chi connectivity index (χ3n) is 4.06. The van der Waals surface area contributed by atoms with Crippen molar-refractivity contribution in [2.24, 2.45) is 5.92 Å². The van der Waals surface area contributed by atoms with Gasteiger partial charge in [-0.3, -0.25) is 9.69 Å². The summed E-state index contributed by atoms with van der Waals surface area (Å²) in [6.45, 7) is 7.88. The lowest BCUT2D eigenvalue weighted by Gasteiger charge is -2.29. The van der Waals surface area contributed by atoms with Gasteiger partial charge in [0.15, 0.2) is 0 Å². The minimum absolute atomic E-state index is 0.131. The number of amides is 1. The molecule has 0 bridgehead atoms. The molecule has 0 radical (unpaired) electrons. The molecule has 1 aliphatic rings. The van der Waals surface area contributed by atoms with E-state index in [4.69, 9.17) is 5.11 Å². The molecule has 0 saturated heterocycles. The zero-order valence-corrected chi connectivity index (χ0v) is 12.7. The van der Waals surface area contributed by atoms with Crippen molar-refractivity contribution in [3.8, 4) is 0 Å². The highest BCUT2D eigenvalue weighted by atomic mass is 16.3. The van der Waals surface area contributed by atoms with Gasteiger partial charge in [-0.2, -0.15) is 0 Å². The van der Waals surface area contributed by atoms with E-state index in [1.165, 1.54) is 12.8 Å². The van der Waals surface area contributed by atoms with Crippen LogP contribution >= 0.6 is 0 Å². The monoisotopic (exact) mass is 270 g/mol. The first kappa shape index (κ1) is 16.4. The summed E-state index contributed by atoms with van der Waals surface area (Å²) in [5.74, 6) is 0.941. The fourth-order valence-corrected chi connectivity index (χ4v) is 2.66. The van der Waals surface area contributed by atoms with Gasteiger partial charge >= 0.3 is 0 Å². The average Bonchev–Trinajstić information content (AvgIpc) is 2.37. The molecule has 0 aliphatic heterocycles. The van der Waals surface area contributed by atoms with Crippen LogP contribution < -0.4 is 5.32 Å². The predicted octanol–water partition coefficient (Wildman–Crippen LogP) is 1.77. The fourth-order valence-electron chi connectivity index (χ4n) is 2.66. The van der Waals surface area contributed by atoms with Crippen molar-refractivity contribution in [2.75, 3.05) is 19.7 Å². The summed E-state index contributed by atoms with van der Waals surface area (Å²) in [5.41, 5.74) is 0. The minimum Gasteiger partial charge on any atom is -0.396 e. The lowest BCUT2D eigenvalue weighted by molar-refractivity contribution is -0.123. The molecule has 19 heavy (non-hydrogen) atoms. The van der Waals surface area contributed by atoms with Crippen molar-refractivity contribution in [1.29, 1.82) is 0 Å². The summed E-state index contributed by atoms with van der Waals surface area (Å²) in [4.78, 5) is 14.2. The normalized spacial score (nSPS) is 23.9. The van der Waals surface area contributed by atoms with Crippen molar-refractivity contribution >= 4 is 5.91 Å². The van der Waals surface area contributed by atoms with Gasteiger partial charge in [0.05, 0.1) is 6.54 Å². The third kappa shape index (κ3) is 6.39. The van der Waals surface area contributed by atoms with Crippen LogP contribution in [0.5, 0.6) is 0 Å². The number of carbonyl (C=O) groups excluding carboxylic acids is 1. The summed E-state index contributed by atoms with van der Waals surface area (Å²) < 4.78 is 0. The number of aliphatic hydroxyl groups excluding tert-OH is 1. The van der Waals surface area contributed by atoms with E-state index in [1.807, 2.05) is 0 Å². The molecule has 0 aromatic carbocycles. The molecule has 1 rings (SSSR count). The lowest BCUT2D eigenvalue weighted by Crippen LogP contribution is -2.45. The minimum atomic E-state index is 0.131. The van der Waals surface area contributed by atoms with Crippen molar-refractivity contribution in [1.82, 2.24) is 10.2 Å². The quantitative estimate of drug-likeness (QED) is 0.741. The number of rotatable bonds is 7. The predicted molar refractivity (Wildman–Crippen MR) is 78.0 cm³/mol. The Bertz CT molecular complexity index is 261. The number of nitrogens with one attached hydrogen (secondary N) is 1. The zero-order valence-electron chi connectivity index (χ0n) is 12.7. The maximum Gasteiger partial charge on any atom is 0.234 e. The van der Waals surface area contributed by atoms with Crippen molar-refractivity contribution in [2.45, 2.75) is 65.0 Å². The van der Waals surface area contributed by atoms with E-state index in [9.17, 15) is 4.79 Å². The molecular weight excluding hydrogens is 240 g/mol. The highest BCUT2D eigenvalue weighted by Crippen LogP contribution is 2.23. The van der Waals surface area contributed by atoms with E-state index in [-0.39, 0.29) is 12.5 Å². The van der Waals surface area contributed by atoms with Gasteiger partial charge in [0, 0.05) is 25.2 Å². The standard InChI is InChI=1S/C15H30N2O2/c1-12(2)17(9-4-10-18)11-15(19)16-14-7-5-13(3)6-8-14/h12-14,18H,4-11H2,1-3H3,(H,16,19). The van der Waals surface area contributed by atoms with Crippen LogP contribution in [0.2, 0.25) is 0 Å². The molecule has 0 aromatic rings. The van der Waals surface area contributed by atoms with Gasteiger partial charge in [0.2, 0.25) is 5.91 Å². The lowest BCUT2D eigenvalue weighted by atomic mass is 9.87. The first-order chi connectivity index (χ1) is 9.02. The second-order valence-corrected chi connectivity index (χ2v) is 6.17. The first-order valence-electron chi connectivity index (χ1n) is 7.67. The molecule has 1 fully saturated rings. The van der Waals surface area contributed by atoms with Crippen molar-refractivity contribution < 1.29 is 9.90 Å². The van der Waals surface area contributed by atoms with Crippen LogP contribution in [0.4, 0.5) is 0 Å². The number of hydrogen-bond donors (Lipinski definition) is 2. The van der Waals surface area contributed by atoms with Gasteiger partial charge < -0.3 is 10.4 Å². The molecule has 0 atom stereocenters. The summed E-state index contributed by atoms with van der Waals surface area (Å²) in [6, 6.07) is 0.708. The second-order valence-electron chi connectivity index (χ2n) is 6.17. The van der Waals surface area contributed by atoms with Gasteiger partial charge in [-0.15, -0.1) is 0 Å². The van der Waals surface area contributed by atoms with Crippen LogP contribution in [0.3, 0.4) is 0 Å². The SMILES string of the molecule is CC1CCC(NC(=O)CN(CCCO)C(C)C)CC1. The largest absolute Gasteiger partial charge is 0.396 e. The molecular formula is C15H30N2O2. The van der Waals surface area contributed by atoms with Gasteiger partial charge in [0.25, 0.3) is 0 Å². The van der Waals surface area contributed by atoms with Crippen LogP contribution in [0.25, 0.3) is 0 Å². The van der Waals surface area contributed by atoms with Crippen LogP contribution in [-0.4, -0.2) is 47.7 Å². The number of aliphatic hydroxyl groups is 1. The Morgan fingerprint density at radius 3 is 2.47 bits per heavy atom. The molecule has 112 valence electrons. The molecule has 1 saturated carbocycles. The van der Waals surface area contributed by atoms with Crippen molar-refractivity contribution in [3.05, 3.63) is 0 Å². The average molecular weight is 270 g/mol. The molecule has 2 N–H and O–H groups in total. The number of hydrogen-bond acceptors (Lipinski definition) is 3. The van der Waals surface area contributed by atoms with Crippen LogP contribution in [0.1, 0.15) is 52.9 Å². The summed E-state index contributed by atoms with van der Waals surface area (Å²) in [5, 5.41) is 12.0. The Balaban J connectivity index is 2.31. The highest BCUT2D eigenvalue weighted by molar-refractivity contribution is 5.78. The maximum absolute atomic E-state index is 12.1. The fraction of sp³-hybridized carbons (Fsp3) is 0.933. The van der Waals surface area contributed by atoms with Crippen molar-refractivity contribution in [3.63, 3.8) is 0 Å². The second kappa shape index (κ2) is 8.54. The molecule has 1 aliphatic carbocycles. The Hall–Kier alpha value is -0.610. The van der Waals surface area contributed by atoms with E-state index >= 15 is 0 Å². The van der Waals surface area contributed by atoms with E-state index < -0.39 is 0 Å². The van der Waals surface area contributed by atoms with Crippen LogP contribution in [0, 0.1) is 5.92 Å². The van der Waals surface area contributed by atoms with E-state index in [0.29, 0.717) is 18.6 Å². The van der Waals surface area contributed by atoms with Crippen LogP contribution in [0.15, 0.2) is 0 Å². The van der Waals surface area contributed by atoms with E-state index in [2.05, 4.69) is 31.0 Å². The third-order valence-corrected chi connectivity index (χ3v) is 4.06. The zero-order chi connectivity index (χ0) is 14.3. The smallest absolute Gasteiger partial charge is 0.234 e. The van der Waals surface area contributed by atoms with Gasteiger partial charge in [-0.25, -0.2) is 0 Å². The number of nitrogens with zero attached hydrogens (tertiary/aromatic N) is 1. The Morgan fingerprint density at radius 1 is 1.32 bits per heavy atom. The van der Waals surface area contributed by atoms with Gasteiger partial charge in [-0.05, 0) is 51.9 Å². The maximum atomic E-state index is 12.1. The molecule has 0 aromatic heterocycles. The molecule has 0 unspecified atom stereocenters. The summed E-state index contributed by atoms with van der Waals surface area (Å²) >= 11 is 0. The van der Waals surface area contributed by atoms with Crippen LogP contribution in [-0.2, 0) is 4.79 Å². The summed E-state index contributed by atoms with van der Waals surface area (Å²) in [6.07, 6.45) is 5.41. The van der Waals surface area contributed by atoms with Gasteiger partial charge in [0.1, 0.15) is 0 Å². The Morgan fingerprint density at radius 2 is 1.95 bits per heavy atom. The molecule has 0 spiro atoms. The summed E-state index contributed by atoms with van der Waals surface area (Å²) in [7, 11) is 0. The molecule has 0 heterocycles. The molecule has 1 amide bonds. The van der Waals surface area contributed by atoms with Gasteiger partial charge in [-0.1, -0.05) is 6.92 Å². The van der Waals surface area contributed by atoms with E-state index in [1.54, 1.807) is 0 Å². The number of carbonyl (C=O) groups is 1. The van der Waals surface area contributed by atoms with E-state index in [0.717, 1.165) is 31.7 Å². The topological polar surface area (TPSA) is 52.6 Å². The Labute approximate surface area is 117 Å². The molecule has 4 nitrogen and oxygen atoms in total. The Kier molecular flexibility index (Phi) is 7.39. The molecule has 4 heteroatoms.